The van der Waals surface area contributed by atoms with Crippen molar-refractivity contribution in [3.05, 3.63) is 24.3 Å². The van der Waals surface area contributed by atoms with Crippen molar-refractivity contribution in [2.75, 3.05) is 6.61 Å². The van der Waals surface area contributed by atoms with Crippen LogP contribution >= 0.6 is 0 Å². The second-order valence-electron chi connectivity index (χ2n) is 4.02. The Kier molecular flexibility index (Phi) is 3.10. The van der Waals surface area contributed by atoms with E-state index in [4.69, 9.17) is 5.11 Å². The fraction of sp³-hybridized carbons (Fsp3) is 0.636. The van der Waals surface area contributed by atoms with Gasteiger partial charge in [-0.3, -0.25) is 0 Å². The second kappa shape index (κ2) is 3.90. The zero-order valence-corrected chi connectivity index (χ0v) is 7.96. The number of aliphatic hydroxyl groups is 1. The van der Waals surface area contributed by atoms with Crippen molar-refractivity contribution in [3.63, 3.8) is 0 Å². The van der Waals surface area contributed by atoms with Gasteiger partial charge in [-0.1, -0.05) is 38.2 Å². The first-order valence-electron chi connectivity index (χ1n) is 4.66. The minimum Gasteiger partial charge on any atom is -0.396 e. The molecule has 1 aliphatic carbocycles. The second-order valence-corrected chi connectivity index (χ2v) is 4.02. The Bertz CT molecular complexity index is 177. The van der Waals surface area contributed by atoms with Gasteiger partial charge >= 0.3 is 0 Å². The van der Waals surface area contributed by atoms with Crippen LogP contribution in [0.4, 0.5) is 0 Å². The van der Waals surface area contributed by atoms with Crippen LogP contribution in [0.15, 0.2) is 24.3 Å². The molecule has 0 fully saturated rings. The normalized spacial score (nSPS) is 19.3. The summed E-state index contributed by atoms with van der Waals surface area (Å²) >= 11 is 0. The van der Waals surface area contributed by atoms with Gasteiger partial charge in [0.15, 0.2) is 0 Å². The zero-order valence-electron chi connectivity index (χ0n) is 7.96. The van der Waals surface area contributed by atoms with E-state index in [1.807, 2.05) is 0 Å². The number of hydrogen-bond donors (Lipinski definition) is 1. The molecular formula is C11H18O. The molecule has 1 heteroatoms. The summed E-state index contributed by atoms with van der Waals surface area (Å²) in [5.41, 5.74) is 0.156. The Morgan fingerprint density at radius 1 is 1.25 bits per heavy atom. The van der Waals surface area contributed by atoms with Gasteiger partial charge in [0.25, 0.3) is 0 Å². The van der Waals surface area contributed by atoms with Gasteiger partial charge < -0.3 is 5.11 Å². The first kappa shape index (κ1) is 9.53. The van der Waals surface area contributed by atoms with Crippen LogP contribution in [0.1, 0.15) is 26.7 Å². The average molecular weight is 166 g/mol. The summed E-state index contributed by atoms with van der Waals surface area (Å²) in [4.78, 5) is 0. The van der Waals surface area contributed by atoms with E-state index in [0.29, 0.717) is 5.92 Å². The molecular weight excluding hydrogens is 148 g/mol. The lowest BCUT2D eigenvalue weighted by Crippen LogP contribution is -2.17. The van der Waals surface area contributed by atoms with Gasteiger partial charge in [0.2, 0.25) is 0 Å². The van der Waals surface area contributed by atoms with Crippen LogP contribution in [0.25, 0.3) is 0 Å². The summed E-state index contributed by atoms with van der Waals surface area (Å²) in [5.74, 6) is 0.684. The van der Waals surface area contributed by atoms with E-state index in [0.717, 1.165) is 12.8 Å². The monoisotopic (exact) mass is 166 g/mol. The van der Waals surface area contributed by atoms with Gasteiger partial charge in [0, 0.05) is 12.0 Å². The zero-order chi connectivity index (χ0) is 9.03. The lowest BCUT2D eigenvalue weighted by molar-refractivity contribution is 0.229. The molecule has 0 bridgehead atoms. The summed E-state index contributed by atoms with van der Waals surface area (Å²) in [6, 6.07) is 0. The molecule has 0 atom stereocenters. The topological polar surface area (TPSA) is 20.2 Å². The van der Waals surface area contributed by atoms with Crippen LogP contribution < -0.4 is 0 Å². The van der Waals surface area contributed by atoms with E-state index in [2.05, 4.69) is 38.2 Å². The third kappa shape index (κ3) is 2.21. The van der Waals surface area contributed by atoms with Gasteiger partial charge in [-0.25, -0.2) is 0 Å². The van der Waals surface area contributed by atoms with E-state index in [1.165, 1.54) is 0 Å². The molecule has 0 aromatic rings. The van der Waals surface area contributed by atoms with Crippen molar-refractivity contribution in [2.24, 2.45) is 11.3 Å². The lowest BCUT2D eigenvalue weighted by atomic mass is 9.79. The molecule has 0 unspecified atom stereocenters. The minimum absolute atomic E-state index is 0.156. The van der Waals surface area contributed by atoms with E-state index in [-0.39, 0.29) is 12.0 Å². The predicted molar refractivity (Wildman–Crippen MR) is 51.9 cm³/mol. The van der Waals surface area contributed by atoms with E-state index >= 15 is 0 Å². The molecule has 0 radical (unpaired) electrons. The third-order valence-electron chi connectivity index (χ3n) is 2.33. The van der Waals surface area contributed by atoms with Crippen LogP contribution in [0.5, 0.6) is 0 Å². The largest absolute Gasteiger partial charge is 0.396 e. The van der Waals surface area contributed by atoms with Gasteiger partial charge in [-0.15, -0.1) is 0 Å². The van der Waals surface area contributed by atoms with E-state index in [9.17, 15) is 0 Å². The van der Waals surface area contributed by atoms with Crippen LogP contribution in [0.2, 0.25) is 0 Å². The Balaban J connectivity index is 2.60. The molecule has 0 saturated carbocycles. The summed E-state index contributed by atoms with van der Waals surface area (Å²) < 4.78 is 0. The maximum Gasteiger partial charge on any atom is 0.0442 e. The van der Waals surface area contributed by atoms with Crippen molar-refractivity contribution >= 4 is 0 Å². The van der Waals surface area contributed by atoms with Gasteiger partial charge in [-0.2, -0.15) is 0 Å². The standard InChI is InChI=1S/C11H18O/c1-10(2)9-11(7-8-12)5-3-4-6-11/h3-6,10,12H,7-9H2,1-2H3. The predicted octanol–water partition coefficient (Wildman–Crippen LogP) is 2.53. The fourth-order valence-electron chi connectivity index (χ4n) is 1.92. The molecule has 0 saturated heterocycles. The van der Waals surface area contributed by atoms with Crippen molar-refractivity contribution < 1.29 is 5.11 Å². The Morgan fingerprint density at radius 2 is 1.83 bits per heavy atom. The maximum atomic E-state index is 8.94. The Morgan fingerprint density at radius 3 is 2.25 bits per heavy atom. The molecule has 0 aromatic carbocycles. The van der Waals surface area contributed by atoms with E-state index < -0.39 is 0 Å². The third-order valence-corrected chi connectivity index (χ3v) is 2.33. The number of aliphatic hydroxyl groups excluding tert-OH is 1. The number of hydrogen-bond acceptors (Lipinski definition) is 1. The van der Waals surface area contributed by atoms with Crippen LogP contribution in [0, 0.1) is 11.3 Å². The van der Waals surface area contributed by atoms with Crippen LogP contribution in [-0.2, 0) is 0 Å². The minimum atomic E-state index is 0.156. The summed E-state index contributed by atoms with van der Waals surface area (Å²) in [5, 5.41) is 8.94. The molecule has 1 nitrogen and oxygen atoms in total. The van der Waals surface area contributed by atoms with Crippen molar-refractivity contribution in [2.45, 2.75) is 26.7 Å². The van der Waals surface area contributed by atoms with E-state index in [1.54, 1.807) is 0 Å². The SMILES string of the molecule is CC(C)CC1(CCO)C=CC=C1. The highest BCUT2D eigenvalue weighted by Crippen LogP contribution is 2.36. The highest BCUT2D eigenvalue weighted by Gasteiger charge is 2.26. The molecule has 1 N–H and O–H groups in total. The molecule has 0 spiro atoms. The highest BCUT2D eigenvalue weighted by molar-refractivity contribution is 5.24. The molecule has 0 heterocycles. The first-order chi connectivity index (χ1) is 5.68. The van der Waals surface area contributed by atoms with Gasteiger partial charge in [-0.05, 0) is 18.8 Å². The Hall–Kier alpha value is -0.560. The van der Waals surface area contributed by atoms with Crippen molar-refractivity contribution in [1.29, 1.82) is 0 Å². The molecule has 12 heavy (non-hydrogen) atoms. The number of rotatable bonds is 4. The van der Waals surface area contributed by atoms with Crippen LogP contribution in [0.3, 0.4) is 0 Å². The van der Waals surface area contributed by atoms with Gasteiger partial charge in [0.1, 0.15) is 0 Å². The molecule has 0 aliphatic heterocycles. The first-order valence-corrected chi connectivity index (χ1v) is 4.66. The highest BCUT2D eigenvalue weighted by atomic mass is 16.3. The van der Waals surface area contributed by atoms with Crippen molar-refractivity contribution in [3.8, 4) is 0 Å². The molecule has 0 amide bonds. The lowest BCUT2D eigenvalue weighted by Gasteiger charge is -2.26. The quantitative estimate of drug-likeness (QED) is 0.680. The fourth-order valence-corrected chi connectivity index (χ4v) is 1.92. The summed E-state index contributed by atoms with van der Waals surface area (Å²) in [7, 11) is 0. The number of allylic oxidation sites excluding steroid dienone is 4. The summed E-state index contributed by atoms with van der Waals surface area (Å²) in [6.45, 7) is 4.72. The molecule has 68 valence electrons. The van der Waals surface area contributed by atoms with Crippen LogP contribution in [-0.4, -0.2) is 11.7 Å². The average Bonchev–Trinajstić information content (AvgIpc) is 2.36. The smallest absolute Gasteiger partial charge is 0.0442 e. The van der Waals surface area contributed by atoms with Gasteiger partial charge in [0.05, 0.1) is 0 Å². The Labute approximate surface area is 74.8 Å². The molecule has 0 aromatic heterocycles. The molecule has 1 rings (SSSR count). The maximum absolute atomic E-state index is 8.94. The summed E-state index contributed by atoms with van der Waals surface area (Å²) in [6.07, 6.45) is 10.6. The molecule has 1 aliphatic rings. The van der Waals surface area contributed by atoms with Crippen molar-refractivity contribution in [1.82, 2.24) is 0 Å².